The number of carboxylic acid groups (broad SMARTS) is 1. The molecule has 7 heteroatoms. The molecule has 0 aliphatic carbocycles. The zero-order valence-electron chi connectivity index (χ0n) is 15.9. The van der Waals surface area contributed by atoms with Crippen LogP contribution < -0.4 is 10.2 Å². The molecule has 0 spiro atoms. The van der Waals surface area contributed by atoms with Crippen LogP contribution in [-0.2, 0) is 17.8 Å². The first-order valence-corrected chi connectivity index (χ1v) is 10.5. The van der Waals surface area contributed by atoms with Crippen LogP contribution in [0.5, 0.6) is 0 Å². The monoisotopic (exact) mass is 396 g/mol. The molecule has 3 heterocycles. The minimum Gasteiger partial charge on any atom is -0.481 e. The number of piperidine rings is 1. The maximum atomic E-state index is 11.2. The van der Waals surface area contributed by atoms with Crippen LogP contribution in [0.15, 0.2) is 36.4 Å². The van der Waals surface area contributed by atoms with Crippen LogP contribution in [0, 0.1) is 5.92 Å². The largest absolute Gasteiger partial charge is 0.481 e. The van der Waals surface area contributed by atoms with Gasteiger partial charge in [-0.2, -0.15) is 4.98 Å². The van der Waals surface area contributed by atoms with Crippen LogP contribution in [-0.4, -0.2) is 34.1 Å². The minimum absolute atomic E-state index is 0.260. The van der Waals surface area contributed by atoms with Crippen molar-refractivity contribution < 1.29 is 9.90 Å². The van der Waals surface area contributed by atoms with Crippen molar-refractivity contribution in [3.63, 3.8) is 0 Å². The summed E-state index contributed by atoms with van der Waals surface area (Å²) in [6.07, 6.45) is 2.24. The summed E-state index contributed by atoms with van der Waals surface area (Å²) in [5, 5.41) is 13.8. The lowest BCUT2D eigenvalue weighted by molar-refractivity contribution is -0.142. The Morgan fingerprint density at radius 2 is 2.00 bits per heavy atom. The van der Waals surface area contributed by atoms with Crippen LogP contribution in [0.1, 0.15) is 30.2 Å². The molecule has 28 heavy (non-hydrogen) atoms. The van der Waals surface area contributed by atoms with Gasteiger partial charge in [0.2, 0.25) is 5.95 Å². The highest BCUT2D eigenvalue weighted by Gasteiger charge is 2.26. The molecule has 0 bridgehead atoms. The highest BCUT2D eigenvalue weighted by atomic mass is 32.1. The van der Waals surface area contributed by atoms with E-state index in [1.54, 1.807) is 11.3 Å². The lowest BCUT2D eigenvalue weighted by atomic mass is 9.97. The summed E-state index contributed by atoms with van der Waals surface area (Å²) in [7, 11) is 0. The van der Waals surface area contributed by atoms with E-state index in [1.165, 1.54) is 10.4 Å². The van der Waals surface area contributed by atoms with Crippen LogP contribution in [0.3, 0.4) is 0 Å². The smallest absolute Gasteiger partial charge is 0.306 e. The molecule has 2 aromatic heterocycles. The maximum absolute atomic E-state index is 11.2. The van der Waals surface area contributed by atoms with Crippen LogP contribution in [0.4, 0.5) is 11.8 Å². The molecule has 0 amide bonds. The second kappa shape index (κ2) is 8.14. The van der Waals surface area contributed by atoms with E-state index >= 15 is 0 Å². The Kier molecular flexibility index (Phi) is 5.43. The number of hydrogen-bond acceptors (Lipinski definition) is 6. The summed E-state index contributed by atoms with van der Waals surface area (Å²) >= 11 is 1.70. The minimum atomic E-state index is -0.702. The van der Waals surface area contributed by atoms with Gasteiger partial charge < -0.3 is 15.3 Å². The molecule has 146 valence electrons. The van der Waals surface area contributed by atoms with Gasteiger partial charge in [-0.15, -0.1) is 11.3 Å². The first kappa shape index (κ1) is 18.7. The third-order valence-corrected chi connectivity index (χ3v) is 6.38. The number of carboxylic acids is 1. The number of aliphatic carboxylic acids is 1. The molecule has 0 saturated carbocycles. The molecule has 1 aliphatic rings. The highest BCUT2D eigenvalue weighted by Crippen LogP contribution is 2.32. The molecular weight excluding hydrogens is 372 g/mol. The molecule has 1 aromatic carbocycles. The second-order valence-corrected chi connectivity index (χ2v) is 8.21. The number of nitrogens with zero attached hydrogens (tertiary/aromatic N) is 3. The number of rotatable bonds is 6. The summed E-state index contributed by atoms with van der Waals surface area (Å²) in [6.45, 7) is 4.19. The normalized spacial score (nSPS) is 15.1. The second-order valence-electron chi connectivity index (χ2n) is 7.10. The van der Waals surface area contributed by atoms with Crippen molar-refractivity contribution in [3.8, 4) is 0 Å². The summed E-state index contributed by atoms with van der Waals surface area (Å²) in [6, 6.07) is 12.4. The van der Waals surface area contributed by atoms with E-state index in [0.29, 0.717) is 38.4 Å². The van der Waals surface area contributed by atoms with Gasteiger partial charge in [-0.3, -0.25) is 4.79 Å². The lowest BCUT2D eigenvalue weighted by Gasteiger charge is -2.30. The van der Waals surface area contributed by atoms with Crippen LogP contribution >= 0.6 is 11.3 Å². The summed E-state index contributed by atoms with van der Waals surface area (Å²) in [5.41, 5.74) is 1.20. The van der Waals surface area contributed by atoms with Crippen molar-refractivity contribution in [1.82, 2.24) is 9.97 Å². The van der Waals surface area contributed by atoms with Crippen molar-refractivity contribution in [2.75, 3.05) is 23.3 Å². The molecule has 2 N–H and O–H groups in total. The number of nitrogens with one attached hydrogen (secondary N) is 1. The molecule has 0 unspecified atom stereocenters. The summed E-state index contributed by atoms with van der Waals surface area (Å²) in [5.74, 6) is 0.577. The van der Waals surface area contributed by atoms with Gasteiger partial charge in [0.25, 0.3) is 0 Å². The van der Waals surface area contributed by atoms with Crippen molar-refractivity contribution in [1.29, 1.82) is 0 Å². The average molecular weight is 397 g/mol. The SMILES string of the molecule is CCc1cc2c(NCc3ccccc3)nc(N3CCC(C(=O)O)CC3)nc2s1. The summed E-state index contributed by atoms with van der Waals surface area (Å²) in [4.78, 5) is 25.2. The van der Waals surface area contributed by atoms with E-state index in [-0.39, 0.29) is 5.92 Å². The van der Waals surface area contributed by atoms with Crippen molar-refractivity contribution in [3.05, 3.63) is 46.8 Å². The van der Waals surface area contributed by atoms with Gasteiger partial charge in [-0.05, 0) is 30.9 Å². The lowest BCUT2D eigenvalue weighted by Crippen LogP contribution is -2.37. The van der Waals surface area contributed by atoms with Gasteiger partial charge in [0.1, 0.15) is 10.6 Å². The maximum Gasteiger partial charge on any atom is 0.306 e. The number of aromatic nitrogens is 2. The highest BCUT2D eigenvalue weighted by molar-refractivity contribution is 7.18. The number of anilines is 2. The van der Waals surface area contributed by atoms with Crippen LogP contribution in [0.2, 0.25) is 0 Å². The Balaban J connectivity index is 1.61. The Hall–Kier alpha value is -2.67. The molecule has 4 rings (SSSR count). The van der Waals surface area contributed by atoms with E-state index in [9.17, 15) is 9.90 Å². The van der Waals surface area contributed by atoms with Crippen molar-refractivity contribution in [2.45, 2.75) is 32.7 Å². The molecular formula is C21H24N4O2S. The van der Waals surface area contributed by atoms with Gasteiger partial charge in [0.05, 0.1) is 11.3 Å². The third kappa shape index (κ3) is 3.94. The Bertz CT molecular complexity index is 965. The van der Waals surface area contributed by atoms with Gasteiger partial charge in [-0.25, -0.2) is 4.98 Å². The fourth-order valence-corrected chi connectivity index (χ4v) is 4.48. The molecule has 1 fully saturated rings. The van der Waals surface area contributed by atoms with E-state index in [2.05, 4.69) is 35.3 Å². The van der Waals surface area contributed by atoms with E-state index < -0.39 is 5.97 Å². The predicted molar refractivity (Wildman–Crippen MR) is 113 cm³/mol. The Labute approximate surface area is 168 Å². The molecule has 0 radical (unpaired) electrons. The molecule has 1 saturated heterocycles. The zero-order chi connectivity index (χ0) is 19.5. The number of hydrogen-bond donors (Lipinski definition) is 2. The number of fused-ring (bicyclic) bond motifs is 1. The molecule has 1 aliphatic heterocycles. The van der Waals surface area contributed by atoms with Gasteiger partial charge in [0.15, 0.2) is 0 Å². The first-order valence-electron chi connectivity index (χ1n) is 9.70. The van der Waals surface area contributed by atoms with Gasteiger partial charge in [-0.1, -0.05) is 37.3 Å². The number of aryl methyl sites for hydroxylation is 1. The third-order valence-electron chi connectivity index (χ3n) is 5.21. The van der Waals surface area contributed by atoms with Crippen molar-refractivity contribution in [2.24, 2.45) is 5.92 Å². The fraction of sp³-hybridized carbons (Fsp3) is 0.381. The molecule has 0 atom stereocenters. The number of benzene rings is 1. The van der Waals surface area contributed by atoms with E-state index in [1.807, 2.05) is 18.2 Å². The van der Waals surface area contributed by atoms with Crippen molar-refractivity contribution >= 4 is 39.3 Å². The van der Waals surface area contributed by atoms with E-state index in [0.717, 1.165) is 22.5 Å². The Morgan fingerprint density at radius 3 is 2.68 bits per heavy atom. The standard InChI is InChI=1S/C21H24N4O2S/c1-2-16-12-17-18(22-13-14-6-4-3-5-7-14)23-21(24-19(17)28-16)25-10-8-15(9-11-25)20(26)27/h3-7,12,15H,2,8-11,13H2,1H3,(H,26,27)(H,22,23,24). The van der Waals surface area contributed by atoms with E-state index in [4.69, 9.17) is 9.97 Å². The quantitative estimate of drug-likeness (QED) is 0.651. The average Bonchev–Trinajstić information content (AvgIpc) is 3.16. The summed E-state index contributed by atoms with van der Waals surface area (Å²) < 4.78 is 0. The molecule has 3 aromatic rings. The number of thiophene rings is 1. The van der Waals surface area contributed by atoms with Gasteiger partial charge in [0, 0.05) is 24.5 Å². The predicted octanol–water partition coefficient (Wildman–Crippen LogP) is 4.17. The fourth-order valence-electron chi connectivity index (χ4n) is 3.52. The Morgan fingerprint density at radius 1 is 1.25 bits per heavy atom. The molecule has 6 nitrogen and oxygen atoms in total. The van der Waals surface area contributed by atoms with Crippen LogP contribution in [0.25, 0.3) is 10.2 Å². The van der Waals surface area contributed by atoms with Gasteiger partial charge >= 0.3 is 5.97 Å². The zero-order valence-corrected chi connectivity index (χ0v) is 16.7. The topological polar surface area (TPSA) is 78.4 Å². The first-order chi connectivity index (χ1) is 13.6. The number of carbonyl (C=O) groups is 1.